The molecule has 0 amide bonds. The monoisotopic (exact) mass is 285 g/mol. The van der Waals surface area contributed by atoms with Crippen LogP contribution < -0.4 is 10.1 Å². The molecule has 1 N–H and O–H groups in total. The smallest absolute Gasteiger partial charge is 0.119 e. The number of hydrogen-bond donors (Lipinski definition) is 1. The Morgan fingerprint density at radius 3 is 2.43 bits per heavy atom. The molecule has 0 spiro atoms. The van der Waals surface area contributed by atoms with Crippen LogP contribution in [0.15, 0.2) is 36.7 Å². The summed E-state index contributed by atoms with van der Waals surface area (Å²) in [6, 6.07) is 8.23. The van der Waals surface area contributed by atoms with Crippen molar-refractivity contribution < 1.29 is 4.74 Å². The third-order valence-corrected chi connectivity index (χ3v) is 3.22. The van der Waals surface area contributed by atoms with Gasteiger partial charge < -0.3 is 10.1 Å². The van der Waals surface area contributed by atoms with Crippen LogP contribution in [-0.4, -0.2) is 23.1 Å². The molecule has 21 heavy (non-hydrogen) atoms. The van der Waals surface area contributed by atoms with E-state index in [1.54, 1.807) is 0 Å². The van der Waals surface area contributed by atoms with Gasteiger partial charge in [0.05, 0.1) is 30.2 Å². The highest BCUT2D eigenvalue weighted by Gasteiger charge is 2.15. The van der Waals surface area contributed by atoms with Gasteiger partial charge >= 0.3 is 0 Å². The molecular formula is C17H23N3O. The number of nitrogens with one attached hydrogen (secondary N) is 1. The zero-order valence-corrected chi connectivity index (χ0v) is 13.0. The zero-order chi connectivity index (χ0) is 15.1. The van der Waals surface area contributed by atoms with Gasteiger partial charge in [0, 0.05) is 6.20 Å². The Hall–Kier alpha value is -1.94. The summed E-state index contributed by atoms with van der Waals surface area (Å²) < 4.78 is 5.49. The molecule has 1 heterocycles. The topological polar surface area (TPSA) is 47.0 Å². The summed E-state index contributed by atoms with van der Waals surface area (Å²) in [6.45, 7) is 7.71. The second kappa shape index (κ2) is 7.74. The van der Waals surface area contributed by atoms with Crippen molar-refractivity contribution in [2.24, 2.45) is 0 Å². The minimum absolute atomic E-state index is 0.0636. The maximum Gasteiger partial charge on any atom is 0.119 e. The SMILES string of the molecule is CCCNC(c1ccc(OCC)cc1)c1cnc(C)cn1. The van der Waals surface area contributed by atoms with Crippen molar-refractivity contribution in [2.75, 3.05) is 13.2 Å². The molecular weight excluding hydrogens is 262 g/mol. The summed E-state index contributed by atoms with van der Waals surface area (Å²) >= 11 is 0. The summed E-state index contributed by atoms with van der Waals surface area (Å²) in [7, 11) is 0. The number of benzene rings is 1. The molecule has 0 aliphatic rings. The molecule has 2 aromatic rings. The second-order valence-electron chi connectivity index (χ2n) is 4.97. The molecule has 0 fully saturated rings. The standard InChI is InChI=1S/C17H23N3O/c1-4-10-18-17(16-12-19-13(3)11-20-16)14-6-8-15(9-7-14)21-5-2/h6-9,11-12,17-18H,4-5,10H2,1-3H3. The number of rotatable bonds is 7. The van der Waals surface area contributed by atoms with Crippen LogP contribution in [0, 0.1) is 6.92 Å². The molecule has 0 bridgehead atoms. The molecule has 112 valence electrons. The minimum atomic E-state index is 0.0636. The predicted octanol–water partition coefficient (Wildman–Crippen LogP) is 3.27. The molecule has 0 saturated heterocycles. The molecule has 1 atom stereocenters. The molecule has 4 heteroatoms. The Balaban J connectivity index is 2.24. The van der Waals surface area contributed by atoms with Crippen LogP contribution in [0.3, 0.4) is 0 Å². The zero-order valence-electron chi connectivity index (χ0n) is 13.0. The van der Waals surface area contributed by atoms with Crippen molar-refractivity contribution in [2.45, 2.75) is 33.2 Å². The Bertz CT molecular complexity index is 537. The highest BCUT2D eigenvalue weighted by Crippen LogP contribution is 2.22. The number of ether oxygens (including phenoxy) is 1. The highest BCUT2D eigenvalue weighted by atomic mass is 16.5. The number of hydrogen-bond acceptors (Lipinski definition) is 4. The van der Waals surface area contributed by atoms with E-state index in [1.807, 2.05) is 38.4 Å². The largest absolute Gasteiger partial charge is 0.494 e. The van der Waals surface area contributed by atoms with Crippen LogP contribution in [0.1, 0.15) is 43.3 Å². The fourth-order valence-corrected chi connectivity index (χ4v) is 2.16. The fourth-order valence-electron chi connectivity index (χ4n) is 2.16. The maximum absolute atomic E-state index is 5.49. The average Bonchev–Trinajstić information content (AvgIpc) is 2.51. The van der Waals surface area contributed by atoms with Gasteiger partial charge in [0.2, 0.25) is 0 Å². The molecule has 0 aliphatic heterocycles. The lowest BCUT2D eigenvalue weighted by Gasteiger charge is -2.18. The molecule has 1 unspecified atom stereocenters. The van der Waals surface area contributed by atoms with Gasteiger partial charge in [0.1, 0.15) is 5.75 Å². The van der Waals surface area contributed by atoms with E-state index in [9.17, 15) is 0 Å². The van der Waals surface area contributed by atoms with E-state index in [4.69, 9.17) is 4.74 Å². The van der Waals surface area contributed by atoms with Gasteiger partial charge in [-0.05, 0) is 44.5 Å². The number of nitrogens with zero attached hydrogens (tertiary/aromatic N) is 2. The summed E-state index contributed by atoms with van der Waals surface area (Å²) in [5.74, 6) is 0.894. The van der Waals surface area contributed by atoms with Crippen LogP contribution in [0.4, 0.5) is 0 Å². The van der Waals surface area contributed by atoms with Crippen molar-refractivity contribution in [1.82, 2.24) is 15.3 Å². The van der Waals surface area contributed by atoms with Crippen molar-refractivity contribution >= 4 is 0 Å². The van der Waals surface area contributed by atoms with Crippen molar-refractivity contribution in [3.63, 3.8) is 0 Å². The lowest BCUT2D eigenvalue weighted by Crippen LogP contribution is -2.24. The highest BCUT2D eigenvalue weighted by molar-refractivity contribution is 5.32. The first-order chi connectivity index (χ1) is 10.2. The third-order valence-electron chi connectivity index (χ3n) is 3.22. The van der Waals surface area contributed by atoms with Gasteiger partial charge in [-0.25, -0.2) is 0 Å². The lowest BCUT2D eigenvalue weighted by molar-refractivity contribution is 0.340. The van der Waals surface area contributed by atoms with E-state index in [0.29, 0.717) is 6.61 Å². The molecule has 1 aromatic carbocycles. The summed E-state index contributed by atoms with van der Waals surface area (Å²) in [4.78, 5) is 8.86. The minimum Gasteiger partial charge on any atom is -0.494 e. The average molecular weight is 285 g/mol. The Labute approximate surface area is 126 Å². The molecule has 1 aromatic heterocycles. The lowest BCUT2D eigenvalue weighted by atomic mass is 10.0. The van der Waals surface area contributed by atoms with E-state index in [2.05, 4.69) is 34.3 Å². The van der Waals surface area contributed by atoms with Gasteiger partial charge in [0.15, 0.2) is 0 Å². The Morgan fingerprint density at radius 1 is 1.10 bits per heavy atom. The first-order valence-corrected chi connectivity index (χ1v) is 7.49. The van der Waals surface area contributed by atoms with Gasteiger partial charge in [-0.1, -0.05) is 19.1 Å². The normalized spacial score (nSPS) is 12.1. The molecule has 0 radical (unpaired) electrons. The van der Waals surface area contributed by atoms with E-state index in [-0.39, 0.29) is 6.04 Å². The Morgan fingerprint density at radius 2 is 1.86 bits per heavy atom. The first kappa shape index (κ1) is 15.4. The maximum atomic E-state index is 5.49. The third kappa shape index (κ3) is 4.26. The van der Waals surface area contributed by atoms with Crippen LogP contribution >= 0.6 is 0 Å². The second-order valence-corrected chi connectivity index (χ2v) is 4.97. The van der Waals surface area contributed by atoms with E-state index >= 15 is 0 Å². The van der Waals surface area contributed by atoms with E-state index in [0.717, 1.165) is 30.1 Å². The predicted molar refractivity (Wildman–Crippen MR) is 84.5 cm³/mol. The quantitative estimate of drug-likeness (QED) is 0.848. The number of aromatic nitrogens is 2. The van der Waals surface area contributed by atoms with Crippen molar-refractivity contribution in [3.8, 4) is 5.75 Å². The van der Waals surface area contributed by atoms with Gasteiger partial charge in [0.25, 0.3) is 0 Å². The summed E-state index contributed by atoms with van der Waals surface area (Å²) in [5, 5.41) is 3.53. The summed E-state index contributed by atoms with van der Waals surface area (Å²) in [6.07, 6.45) is 4.73. The van der Waals surface area contributed by atoms with E-state index in [1.165, 1.54) is 5.56 Å². The van der Waals surface area contributed by atoms with Gasteiger partial charge in [-0.3, -0.25) is 9.97 Å². The van der Waals surface area contributed by atoms with Crippen LogP contribution in [-0.2, 0) is 0 Å². The van der Waals surface area contributed by atoms with Crippen molar-refractivity contribution in [1.29, 1.82) is 0 Å². The van der Waals surface area contributed by atoms with Gasteiger partial charge in [-0.15, -0.1) is 0 Å². The van der Waals surface area contributed by atoms with Gasteiger partial charge in [-0.2, -0.15) is 0 Å². The Kier molecular flexibility index (Phi) is 5.69. The fraction of sp³-hybridized carbons (Fsp3) is 0.412. The first-order valence-electron chi connectivity index (χ1n) is 7.49. The van der Waals surface area contributed by atoms with Crippen LogP contribution in [0.25, 0.3) is 0 Å². The van der Waals surface area contributed by atoms with Crippen LogP contribution in [0.2, 0.25) is 0 Å². The van der Waals surface area contributed by atoms with Crippen LogP contribution in [0.5, 0.6) is 5.75 Å². The summed E-state index contributed by atoms with van der Waals surface area (Å²) in [5.41, 5.74) is 3.04. The molecule has 4 nitrogen and oxygen atoms in total. The van der Waals surface area contributed by atoms with E-state index < -0.39 is 0 Å². The molecule has 0 aliphatic carbocycles. The molecule has 0 saturated carbocycles. The van der Waals surface area contributed by atoms with Crippen molar-refractivity contribution in [3.05, 3.63) is 53.6 Å². The molecule has 2 rings (SSSR count). The number of aryl methyl sites for hydroxylation is 1.